The lowest BCUT2D eigenvalue weighted by Crippen LogP contribution is -2.60. The average Bonchev–Trinajstić information content (AvgIpc) is 3.34. The number of aliphatic hydroxyl groups excluding tert-OH is 7. The summed E-state index contributed by atoms with van der Waals surface area (Å²) in [6.07, 6.45) is 43.8. The minimum Gasteiger partial charge on any atom is -0.394 e. The molecule has 11 nitrogen and oxygen atoms in total. The molecule has 11 heteroatoms. The molecule has 0 aromatic heterocycles. The molecule has 1 fully saturated rings. The van der Waals surface area contributed by atoms with Gasteiger partial charge in [-0.3, -0.25) is 4.79 Å². The smallest absolute Gasteiger partial charge is 0.249 e. The number of ether oxygens (including phenoxy) is 2. The lowest BCUT2D eigenvalue weighted by Gasteiger charge is -2.40. The van der Waals surface area contributed by atoms with Crippen molar-refractivity contribution in [3.63, 3.8) is 0 Å². The summed E-state index contributed by atoms with van der Waals surface area (Å²) in [6.45, 7) is 3.45. The van der Waals surface area contributed by atoms with Gasteiger partial charge in [-0.15, -0.1) is 0 Å². The highest BCUT2D eigenvalue weighted by Gasteiger charge is 2.44. The molecule has 0 aromatic rings. The molecular formula is C57H109NO10. The van der Waals surface area contributed by atoms with Crippen LogP contribution >= 0.6 is 0 Å². The summed E-state index contributed by atoms with van der Waals surface area (Å²) in [7, 11) is 0. The molecule has 0 aliphatic carbocycles. The Hall–Kier alpha value is -1.41. The molecule has 8 N–H and O–H groups in total. The van der Waals surface area contributed by atoms with Gasteiger partial charge in [-0.1, -0.05) is 224 Å². The van der Waals surface area contributed by atoms with Crippen LogP contribution < -0.4 is 5.32 Å². The van der Waals surface area contributed by atoms with Crippen LogP contribution in [0, 0.1) is 0 Å². The molecule has 1 rings (SSSR count). The molecule has 1 amide bonds. The van der Waals surface area contributed by atoms with E-state index in [-0.39, 0.29) is 12.8 Å². The van der Waals surface area contributed by atoms with E-state index in [2.05, 4.69) is 43.5 Å². The van der Waals surface area contributed by atoms with Gasteiger partial charge in [0.2, 0.25) is 5.91 Å². The summed E-state index contributed by atoms with van der Waals surface area (Å²) in [5.74, 6) is -0.709. The summed E-state index contributed by atoms with van der Waals surface area (Å²) >= 11 is 0. The number of hydrogen-bond acceptors (Lipinski definition) is 10. The molecule has 0 saturated carbocycles. The van der Waals surface area contributed by atoms with Crippen LogP contribution in [0.1, 0.15) is 264 Å². The van der Waals surface area contributed by atoms with Crippen molar-refractivity contribution in [2.24, 2.45) is 0 Å². The maximum atomic E-state index is 13.1. The third-order valence-electron chi connectivity index (χ3n) is 14.0. The number of carbonyl (C=O) groups is 1. The van der Waals surface area contributed by atoms with Crippen molar-refractivity contribution in [3.05, 3.63) is 24.3 Å². The molecular weight excluding hydrogens is 859 g/mol. The second-order valence-electron chi connectivity index (χ2n) is 20.4. The van der Waals surface area contributed by atoms with Gasteiger partial charge in [-0.2, -0.15) is 0 Å². The number of allylic oxidation sites excluding steroid dienone is 4. The maximum absolute atomic E-state index is 13.1. The van der Waals surface area contributed by atoms with Gasteiger partial charge in [0.15, 0.2) is 6.29 Å². The molecule has 0 bridgehead atoms. The number of rotatable bonds is 49. The zero-order valence-electron chi connectivity index (χ0n) is 43.9. The summed E-state index contributed by atoms with van der Waals surface area (Å²) in [4.78, 5) is 13.1. The first-order chi connectivity index (χ1) is 33.2. The SMILES string of the molecule is CCCCCCCC/C=C\CCCCCCCCC(O)C(=O)NC(COC1OC(CO)C(O)C(O)C1O)C(O)C(O)CCC/C=C/CCCCCCCCCCCCCCCCCCCCCC. The monoisotopic (exact) mass is 968 g/mol. The van der Waals surface area contributed by atoms with Gasteiger partial charge in [-0.25, -0.2) is 0 Å². The Kier molecular flexibility index (Phi) is 44.3. The fourth-order valence-corrected chi connectivity index (χ4v) is 9.26. The standard InChI is InChI=1S/C57H109NO10/c1-3-5-7-9-11-13-15-17-19-21-22-23-24-25-26-27-28-29-31-32-34-36-38-40-42-44-49(60)52(62)48(47-67-57-55(65)54(64)53(63)51(46-59)68-57)58-56(66)50(61)45-43-41-39-37-35-33-30-20-18-16-14-12-10-8-6-4-2/h18,20,36,38,48-55,57,59-65H,3-17,19,21-35,37,39-47H2,1-2H3,(H,58,66)/b20-18-,38-36+. The Morgan fingerprint density at radius 2 is 0.868 bits per heavy atom. The third-order valence-corrected chi connectivity index (χ3v) is 14.0. The molecule has 68 heavy (non-hydrogen) atoms. The van der Waals surface area contributed by atoms with Crippen LogP contribution in [-0.4, -0.2) is 110 Å². The van der Waals surface area contributed by atoms with Crippen molar-refractivity contribution in [2.75, 3.05) is 13.2 Å². The molecule has 1 saturated heterocycles. The second-order valence-corrected chi connectivity index (χ2v) is 20.4. The van der Waals surface area contributed by atoms with E-state index in [0.29, 0.717) is 12.8 Å². The Labute approximate surface area is 416 Å². The van der Waals surface area contributed by atoms with Crippen LogP contribution in [0.4, 0.5) is 0 Å². The Bertz CT molecular complexity index is 1160. The molecule has 9 unspecified atom stereocenters. The Morgan fingerprint density at radius 1 is 0.500 bits per heavy atom. The molecule has 0 radical (unpaired) electrons. The third kappa shape index (κ3) is 34.8. The molecule has 1 aliphatic heterocycles. The summed E-state index contributed by atoms with van der Waals surface area (Å²) in [5.41, 5.74) is 0. The maximum Gasteiger partial charge on any atom is 0.249 e. The molecule has 0 spiro atoms. The normalized spacial score (nSPS) is 20.6. The van der Waals surface area contributed by atoms with Crippen LogP contribution in [0.3, 0.4) is 0 Å². The lowest BCUT2D eigenvalue weighted by molar-refractivity contribution is -0.303. The first-order valence-electron chi connectivity index (χ1n) is 28.7. The zero-order valence-corrected chi connectivity index (χ0v) is 43.9. The van der Waals surface area contributed by atoms with Crippen LogP contribution in [0.2, 0.25) is 0 Å². The van der Waals surface area contributed by atoms with Crippen molar-refractivity contribution < 1.29 is 50.0 Å². The number of hydrogen-bond donors (Lipinski definition) is 8. The Balaban J connectivity index is 2.32. The highest BCUT2D eigenvalue weighted by molar-refractivity contribution is 5.80. The first-order valence-corrected chi connectivity index (χ1v) is 28.7. The van der Waals surface area contributed by atoms with E-state index in [1.807, 2.05) is 0 Å². The predicted octanol–water partition coefficient (Wildman–Crippen LogP) is 11.7. The van der Waals surface area contributed by atoms with Crippen LogP contribution in [-0.2, 0) is 14.3 Å². The zero-order chi connectivity index (χ0) is 49.7. The van der Waals surface area contributed by atoms with Gasteiger partial charge in [0.1, 0.15) is 36.6 Å². The van der Waals surface area contributed by atoms with E-state index in [1.165, 1.54) is 167 Å². The van der Waals surface area contributed by atoms with E-state index < -0.39 is 74.2 Å². The van der Waals surface area contributed by atoms with Crippen molar-refractivity contribution >= 4 is 5.91 Å². The molecule has 1 heterocycles. The van der Waals surface area contributed by atoms with Gasteiger partial charge in [0, 0.05) is 0 Å². The largest absolute Gasteiger partial charge is 0.394 e. The van der Waals surface area contributed by atoms with E-state index >= 15 is 0 Å². The van der Waals surface area contributed by atoms with Gasteiger partial charge < -0.3 is 50.5 Å². The van der Waals surface area contributed by atoms with Crippen LogP contribution in [0.5, 0.6) is 0 Å². The minimum absolute atomic E-state index is 0.248. The first kappa shape index (κ1) is 64.6. The number of carbonyl (C=O) groups excluding carboxylic acids is 1. The van der Waals surface area contributed by atoms with Gasteiger partial charge >= 0.3 is 0 Å². The fraction of sp³-hybridized carbons (Fsp3) is 0.912. The average molecular weight is 968 g/mol. The summed E-state index contributed by atoms with van der Waals surface area (Å²) in [5, 5.41) is 76.0. The number of nitrogens with one attached hydrogen (secondary N) is 1. The lowest BCUT2D eigenvalue weighted by atomic mass is 9.98. The van der Waals surface area contributed by atoms with Crippen LogP contribution in [0.25, 0.3) is 0 Å². The van der Waals surface area contributed by atoms with Gasteiger partial charge in [-0.05, 0) is 64.2 Å². The van der Waals surface area contributed by atoms with Gasteiger partial charge in [0.25, 0.3) is 0 Å². The Morgan fingerprint density at radius 3 is 1.26 bits per heavy atom. The highest BCUT2D eigenvalue weighted by atomic mass is 16.7. The fourth-order valence-electron chi connectivity index (χ4n) is 9.26. The number of amides is 1. The summed E-state index contributed by atoms with van der Waals surface area (Å²) < 4.78 is 11.1. The molecule has 1 aliphatic rings. The van der Waals surface area contributed by atoms with Crippen molar-refractivity contribution in [1.82, 2.24) is 5.32 Å². The van der Waals surface area contributed by atoms with Gasteiger partial charge in [0.05, 0.1) is 25.4 Å². The topological polar surface area (TPSA) is 189 Å². The van der Waals surface area contributed by atoms with E-state index in [9.17, 15) is 40.5 Å². The van der Waals surface area contributed by atoms with Crippen molar-refractivity contribution in [1.29, 1.82) is 0 Å². The second kappa shape index (κ2) is 46.6. The molecule has 9 atom stereocenters. The van der Waals surface area contributed by atoms with Crippen molar-refractivity contribution in [2.45, 2.75) is 319 Å². The van der Waals surface area contributed by atoms with E-state index in [4.69, 9.17) is 9.47 Å². The predicted molar refractivity (Wildman–Crippen MR) is 279 cm³/mol. The number of unbranched alkanes of at least 4 members (excludes halogenated alkanes) is 33. The molecule has 0 aromatic carbocycles. The summed E-state index contributed by atoms with van der Waals surface area (Å²) in [6, 6.07) is -1.19. The highest BCUT2D eigenvalue weighted by Crippen LogP contribution is 2.23. The minimum atomic E-state index is -1.67. The van der Waals surface area contributed by atoms with Crippen LogP contribution in [0.15, 0.2) is 24.3 Å². The number of aliphatic hydroxyl groups is 7. The molecule has 402 valence electrons. The van der Waals surface area contributed by atoms with E-state index in [0.717, 1.165) is 57.8 Å². The van der Waals surface area contributed by atoms with E-state index in [1.54, 1.807) is 0 Å². The van der Waals surface area contributed by atoms with Crippen molar-refractivity contribution in [3.8, 4) is 0 Å². The quantitative estimate of drug-likeness (QED) is 0.0215.